The van der Waals surface area contributed by atoms with E-state index in [9.17, 15) is 28.2 Å². The molecule has 1 amide bonds. The van der Waals surface area contributed by atoms with Crippen molar-refractivity contribution < 1.29 is 28.2 Å². The Kier molecular flexibility index (Phi) is 6.11. The summed E-state index contributed by atoms with van der Waals surface area (Å²) in [6, 6.07) is 13.3. The summed E-state index contributed by atoms with van der Waals surface area (Å²) in [5.74, 6) is -2.24. The lowest BCUT2D eigenvalue weighted by Crippen LogP contribution is -2.31. The molecule has 1 heterocycles. The number of carbonyl (C=O) groups is 2. The molecule has 0 fully saturated rings. The molecule has 0 aliphatic heterocycles. The summed E-state index contributed by atoms with van der Waals surface area (Å²) in [5, 5.41) is 26.2. The predicted octanol–water partition coefficient (Wildman–Crippen LogP) is 2.24. The van der Waals surface area contributed by atoms with Crippen LogP contribution < -0.4 is 5.32 Å². The maximum atomic E-state index is 12.8. The van der Waals surface area contributed by atoms with Crippen LogP contribution in [0.15, 0.2) is 59.5 Å². The number of sulfone groups is 1. The van der Waals surface area contributed by atoms with Gasteiger partial charge in [-0.15, -0.1) is 0 Å². The first-order chi connectivity index (χ1) is 14.6. The average Bonchev–Trinajstić information content (AvgIpc) is 3.08. The van der Waals surface area contributed by atoms with E-state index < -0.39 is 33.6 Å². The van der Waals surface area contributed by atoms with Crippen LogP contribution in [0.2, 0.25) is 0 Å². The topological polar surface area (TPSA) is 139 Å². The van der Waals surface area contributed by atoms with Gasteiger partial charge in [-0.05, 0) is 30.2 Å². The van der Waals surface area contributed by atoms with E-state index in [-0.39, 0.29) is 22.7 Å². The molecule has 1 atom stereocenters. The lowest BCUT2D eigenvalue weighted by atomic mass is 9.98. The zero-order chi connectivity index (χ0) is 22.8. The lowest BCUT2D eigenvalue weighted by Gasteiger charge is -2.18. The van der Waals surface area contributed by atoms with Crippen molar-refractivity contribution in [3.05, 3.63) is 71.4 Å². The number of carboxylic acid groups (broad SMARTS) is 1. The number of aromatic hydroxyl groups is 1. The molecule has 3 rings (SSSR count). The molecule has 0 bridgehead atoms. The number of aryl methyl sites for hydroxylation is 1. The summed E-state index contributed by atoms with van der Waals surface area (Å²) in [5.41, 5.74) is 1.35. The molecule has 0 aliphatic carbocycles. The molecule has 0 saturated carbocycles. The zero-order valence-corrected chi connectivity index (χ0v) is 17.6. The molecule has 0 saturated heterocycles. The van der Waals surface area contributed by atoms with Gasteiger partial charge in [-0.1, -0.05) is 36.4 Å². The quantitative estimate of drug-likeness (QED) is 0.509. The third-order valence-corrected chi connectivity index (χ3v) is 5.81. The van der Waals surface area contributed by atoms with Crippen molar-refractivity contribution in [1.82, 2.24) is 15.1 Å². The molecule has 1 aromatic heterocycles. The van der Waals surface area contributed by atoms with Crippen LogP contribution in [0.25, 0.3) is 5.69 Å². The summed E-state index contributed by atoms with van der Waals surface area (Å²) < 4.78 is 25.1. The Balaban J connectivity index is 1.95. The van der Waals surface area contributed by atoms with Gasteiger partial charge in [0, 0.05) is 12.3 Å². The first kappa shape index (κ1) is 22.0. The van der Waals surface area contributed by atoms with Crippen LogP contribution in [0.4, 0.5) is 0 Å². The number of para-hydroxylation sites is 1. The molecular formula is C21H21N3O6S. The second-order valence-corrected chi connectivity index (χ2v) is 9.00. The van der Waals surface area contributed by atoms with E-state index in [0.29, 0.717) is 5.56 Å². The molecule has 0 unspecified atom stereocenters. The van der Waals surface area contributed by atoms with Crippen LogP contribution in [-0.4, -0.2) is 46.5 Å². The number of nitrogens with zero attached hydrogens (tertiary/aromatic N) is 2. The summed E-state index contributed by atoms with van der Waals surface area (Å²) in [4.78, 5) is 24.0. The highest BCUT2D eigenvalue weighted by Gasteiger charge is 2.24. The van der Waals surface area contributed by atoms with Gasteiger partial charge < -0.3 is 15.5 Å². The van der Waals surface area contributed by atoms with E-state index >= 15 is 0 Å². The zero-order valence-electron chi connectivity index (χ0n) is 16.8. The molecule has 3 N–H and O–H groups in total. The predicted molar refractivity (Wildman–Crippen MR) is 112 cm³/mol. The summed E-state index contributed by atoms with van der Waals surface area (Å²) in [7, 11) is -3.62. The van der Waals surface area contributed by atoms with Crippen molar-refractivity contribution in [3.63, 3.8) is 0 Å². The fourth-order valence-electron chi connectivity index (χ4n) is 3.23. The Morgan fingerprint density at radius 1 is 1.13 bits per heavy atom. The van der Waals surface area contributed by atoms with Gasteiger partial charge in [-0.3, -0.25) is 9.59 Å². The summed E-state index contributed by atoms with van der Waals surface area (Å²) in [6.07, 6.45) is 0.679. The average molecular weight is 443 g/mol. The van der Waals surface area contributed by atoms with Crippen molar-refractivity contribution in [2.45, 2.75) is 24.3 Å². The van der Waals surface area contributed by atoms with Crippen LogP contribution in [0.3, 0.4) is 0 Å². The molecule has 2 aromatic carbocycles. The Morgan fingerprint density at radius 2 is 1.77 bits per heavy atom. The minimum atomic E-state index is -3.62. The highest BCUT2D eigenvalue weighted by atomic mass is 32.2. The Morgan fingerprint density at radius 3 is 2.42 bits per heavy atom. The normalized spacial score (nSPS) is 12.3. The standard InChI is InChI=1S/C21H21N3O6S/c1-13-7-3-4-8-14(13)15(12-20(26)27)22-21(28)16-11-19(25)24(23-16)17-9-5-6-10-18(17)31(2,29)30/h3-11,15,25H,12H2,1-2H3,(H,22,28)(H,26,27)/t15-/m0/s1. The minimum absolute atomic E-state index is 0.0657. The number of nitrogens with one attached hydrogen (secondary N) is 1. The number of hydrogen-bond donors (Lipinski definition) is 3. The number of hydrogen-bond acceptors (Lipinski definition) is 6. The number of rotatable bonds is 7. The number of carboxylic acids is 1. The lowest BCUT2D eigenvalue weighted by molar-refractivity contribution is -0.137. The fourth-order valence-corrected chi connectivity index (χ4v) is 4.09. The highest BCUT2D eigenvalue weighted by Crippen LogP contribution is 2.26. The molecular weight excluding hydrogens is 422 g/mol. The molecule has 0 aliphatic rings. The van der Waals surface area contributed by atoms with Crippen LogP contribution in [-0.2, 0) is 14.6 Å². The van der Waals surface area contributed by atoms with E-state index in [4.69, 9.17) is 0 Å². The molecule has 0 spiro atoms. The molecule has 162 valence electrons. The van der Waals surface area contributed by atoms with Gasteiger partial charge in [-0.2, -0.15) is 9.78 Å². The molecule has 10 heteroatoms. The molecule has 9 nitrogen and oxygen atoms in total. The van der Waals surface area contributed by atoms with Gasteiger partial charge in [0.25, 0.3) is 5.91 Å². The van der Waals surface area contributed by atoms with Gasteiger partial charge in [0.15, 0.2) is 15.5 Å². The minimum Gasteiger partial charge on any atom is -0.493 e. The van der Waals surface area contributed by atoms with Gasteiger partial charge in [0.05, 0.1) is 23.0 Å². The summed E-state index contributed by atoms with van der Waals surface area (Å²) >= 11 is 0. The molecule has 3 aromatic rings. The van der Waals surface area contributed by atoms with Crippen molar-refractivity contribution in [1.29, 1.82) is 0 Å². The number of aromatic nitrogens is 2. The van der Waals surface area contributed by atoms with E-state index in [0.717, 1.165) is 22.6 Å². The van der Waals surface area contributed by atoms with Gasteiger partial charge in [-0.25, -0.2) is 8.42 Å². The van der Waals surface area contributed by atoms with Crippen molar-refractivity contribution in [2.24, 2.45) is 0 Å². The Labute approximate surface area is 178 Å². The second kappa shape index (κ2) is 8.60. The summed E-state index contributed by atoms with van der Waals surface area (Å²) in [6.45, 7) is 1.80. The number of carbonyl (C=O) groups excluding carboxylic acids is 1. The van der Waals surface area contributed by atoms with E-state index in [1.165, 1.54) is 18.2 Å². The van der Waals surface area contributed by atoms with Gasteiger partial charge in [0.1, 0.15) is 0 Å². The van der Waals surface area contributed by atoms with Crippen LogP contribution in [0, 0.1) is 6.92 Å². The van der Waals surface area contributed by atoms with Gasteiger partial charge >= 0.3 is 5.97 Å². The molecule has 31 heavy (non-hydrogen) atoms. The fraction of sp³-hybridized carbons (Fsp3) is 0.190. The van der Waals surface area contributed by atoms with Crippen LogP contribution >= 0.6 is 0 Å². The third-order valence-electron chi connectivity index (χ3n) is 4.66. The Bertz CT molecular complexity index is 1250. The van der Waals surface area contributed by atoms with Gasteiger partial charge in [0.2, 0.25) is 5.88 Å². The number of amides is 1. The monoisotopic (exact) mass is 443 g/mol. The highest BCUT2D eigenvalue weighted by molar-refractivity contribution is 7.90. The van der Waals surface area contributed by atoms with Crippen molar-refractivity contribution >= 4 is 21.7 Å². The Hall–Kier alpha value is -3.66. The maximum absolute atomic E-state index is 12.8. The smallest absolute Gasteiger partial charge is 0.305 e. The van der Waals surface area contributed by atoms with Crippen molar-refractivity contribution in [2.75, 3.05) is 6.26 Å². The SMILES string of the molecule is Cc1ccccc1[C@H](CC(=O)O)NC(=O)c1cc(O)n(-c2ccccc2S(C)(=O)=O)n1. The van der Waals surface area contributed by atoms with E-state index in [1.54, 1.807) is 37.3 Å². The molecule has 0 radical (unpaired) electrons. The first-order valence-corrected chi connectivity index (χ1v) is 11.1. The van der Waals surface area contributed by atoms with Crippen molar-refractivity contribution in [3.8, 4) is 11.6 Å². The van der Waals surface area contributed by atoms with E-state index in [1.807, 2.05) is 0 Å². The third kappa shape index (κ3) is 4.92. The van der Waals surface area contributed by atoms with Crippen LogP contribution in [0.1, 0.15) is 34.1 Å². The number of benzene rings is 2. The van der Waals surface area contributed by atoms with E-state index in [2.05, 4.69) is 10.4 Å². The number of aliphatic carboxylic acids is 1. The largest absolute Gasteiger partial charge is 0.493 e. The second-order valence-electron chi connectivity index (χ2n) is 7.02. The van der Waals surface area contributed by atoms with Crippen LogP contribution in [0.5, 0.6) is 5.88 Å². The first-order valence-electron chi connectivity index (χ1n) is 9.24. The maximum Gasteiger partial charge on any atom is 0.305 e.